The van der Waals surface area contributed by atoms with E-state index < -0.39 is 0 Å². The van der Waals surface area contributed by atoms with Gasteiger partial charge in [-0.2, -0.15) is 0 Å². The minimum Gasteiger partial charge on any atom is -0.456 e. The van der Waals surface area contributed by atoms with Crippen molar-refractivity contribution in [2.45, 2.75) is 25.6 Å². The molecule has 3 nitrogen and oxygen atoms in total. The molecule has 1 fully saturated rings. The minimum atomic E-state index is -0.208. The first-order valence-corrected chi connectivity index (χ1v) is 10.5. The molecule has 0 saturated carbocycles. The zero-order valence-corrected chi connectivity index (χ0v) is 16.8. The van der Waals surface area contributed by atoms with Crippen molar-refractivity contribution in [1.82, 2.24) is 0 Å². The van der Waals surface area contributed by atoms with Gasteiger partial charge in [-0.25, -0.2) is 4.79 Å². The highest BCUT2D eigenvalue weighted by Gasteiger charge is 2.39. The fourth-order valence-electron chi connectivity index (χ4n) is 3.19. The number of ether oxygens (including phenoxy) is 2. The van der Waals surface area contributed by atoms with Crippen LogP contribution < -0.4 is 0 Å². The Morgan fingerprint density at radius 3 is 2.42 bits per heavy atom. The number of hydrogen-bond acceptors (Lipinski definition) is 3. The molecule has 0 unspecified atom stereocenters. The van der Waals surface area contributed by atoms with E-state index in [-0.39, 0.29) is 18.0 Å². The number of carbonyl (C=O) groups excluding carboxylic acids is 1. The summed E-state index contributed by atoms with van der Waals surface area (Å²) < 4.78 is 12.6. The van der Waals surface area contributed by atoms with Gasteiger partial charge in [0.1, 0.15) is 6.10 Å². The van der Waals surface area contributed by atoms with E-state index in [1.807, 2.05) is 66.7 Å². The number of esters is 1. The number of carbonyl (C=O) groups is 1. The normalized spacial score (nSPS) is 21.1. The lowest BCUT2D eigenvalue weighted by atomic mass is 9.90. The fourth-order valence-corrected chi connectivity index (χ4v) is 3.63. The van der Waals surface area contributed by atoms with Crippen LogP contribution in [0, 0.1) is 5.92 Å². The first-order valence-electron chi connectivity index (χ1n) is 8.93. The average Bonchev–Trinajstić information content (AvgIpc) is 2.96. The second-order valence-corrected chi connectivity index (χ2v) is 7.47. The van der Waals surface area contributed by atoms with Crippen LogP contribution in [-0.4, -0.2) is 23.1 Å². The number of hydrogen-bond donors (Lipinski definition) is 0. The summed E-state index contributed by atoms with van der Waals surface area (Å²) in [6, 6.07) is 20.0. The van der Waals surface area contributed by atoms with Gasteiger partial charge in [0.05, 0.1) is 13.2 Å². The van der Waals surface area contributed by atoms with Gasteiger partial charge >= 0.3 is 5.97 Å². The van der Waals surface area contributed by atoms with Crippen molar-refractivity contribution in [3.63, 3.8) is 0 Å². The molecule has 0 spiro atoms. The first-order chi connectivity index (χ1) is 12.8. The molecule has 4 heteroatoms. The lowest BCUT2D eigenvalue weighted by molar-refractivity contribution is -0.141. The first kappa shape index (κ1) is 19.1. The second-order valence-electron chi connectivity index (χ2n) is 6.39. The summed E-state index contributed by atoms with van der Waals surface area (Å²) in [6.45, 7) is 0.963. The molecule has 0 N–H and O–H groups in total. The molecule has 0 amide bonds. The van der Waals surface area contributed by atoms with E-state index in [9.17, 15) is 4.79 Å². The molecule has 1 aliphatic heterocycles. The van der Waals surface area contributed by atoms with Crippen LogP contribution in [0.2, 0.25) is 0 Å². The Balaban J connectivity index is 1.68. The van der Waals surface area contributed by atoms with Gasteiger partial charge in [-0.15, -0.1) is 0 Å². The molecule has 2 aromatic carbocycles. The molecule has 0 bridgehead atoms. The lowest BCUT2D eigenvalue weighted by Crippen LogP contribution is -2.23. The third-order valence-electron chi connectivity index (χ3n) is 4.51. The molecular weight excluding hydrogens is 439 g/mol. The van der Waals surface area contributed by atoms with E-state index in [2.05, 4.69) is 22.6 Å². The molecule has 26 heavy (non-hydrogen) atoms. The summed E-state index contributed by atoms with van der Waals surface area (Å²) >= 11 is 2.38. The minimum absolute atomic E-state index is 0.0910. The summed E-state index contributed by atoms with van der Waals surface area (Å²) in [5, 5.41) is 0. The number of halogens is 1. The Bertz CT molecular complexity index is 728. The number of alkyl halides is 1. The molecule has 0 aromatic heterocycles. The van der Waals surface area contributed by atoms with Gasteiger partial charge in [0.15, 0.2) is 0 Å². The third-order valence-corrected chi connectivity index (χ3v) is 5.27. The van der Waals surface area contributed by atoms with E-state index in [4.69, 9.17) is 9.47 Å². The fraction of sp³-hybridized carbons (Fsp3) is 0.318. The van der Waals surface area contributed by atoms with Crippen molar-refractivity contribution in [3.8, 4) is 0 Å². The molecule has 0 radical (unpaired) electrons. The van der Waals surface area contributed by atoms with Crippen LogP contribution in [0.1, 0.15) is 24.0 Å². The Kier molecular flexibility index (Phi) is 7.26. The Hall–Kier alpha value is -1.66. The highest BCUT2D eigenvalue weighted by Crippen LogP contribution is 2.33. The van der Waals surface area contributed by atoms with Gasteiger partial charge in [-0.05, 0) is 34.5 Å². The molecule has 2 atom stereocenters. The Morgan fingerprint density at radius 2 is 1.73 bits per heavy atom. The number of benzene rings is 2. The summed E-state index contributed by atoms with van der Waals surface area (Å²) in [5.41, 5.74) is 2.93. The van der Waals surface area contributed by atoms with Crippen molar-refractivity contribution >= 4 is 34.6 Å². The molecule has 1 saturated heterocycles. The van der Waals surface area contributed by atoms with Crippen LogP contribution in [-0.2, 0) is 20.9 Å². The molecule has 0 aliphatic carbocycles. The monoisotopic (exact) mass is 462 g/mol. The van der Waals surface area contributed by atoms with Gasteiger partial charge in [0.2, 0.25) is 0 Å². The van der Waals surface area contributed by atoms with Crippen molar-refractivity contribution in [2.24, 2.45) is 5.92 Å². The summed E-state index contributed by atoms with van der Waals surface area (Å²) in [7, 11) is 0. The highest BCUT2D eigenvalue weighted by atomic mass is 127. The molecule has 1 aliphatic rings. The summed E-state index contributed by atoms with van der Waals surface area (Å²) in [4.78, 5) is 12.4. The van der Waals surface area contributed by atoms with Crippen LogP contribution in [0.15, 0.2) is 66.2 Å². The third kappa shape index (κ3) is 5.17. The van der Waals surface area contributed by atoms with E-state index in [1.165, 1.54) is 0 Å². The summed E-state index contributed by atoms with van der Waals surface area (Å²) in [5.74, 6) is -0.117. The molecule has 2 aromatic rings. The van der Waals surface area contributed by atoms with Gasteiger partial charge in [-0.1, -0.05) is 83.3 Å². The van der Waals surface area contributed by atoms with Gasteiger partial charge in [0, 0.05) is 11.5 Å². The van der Waals surface area contributed by atoms with E-state index in [0.29, 0.717) is 13.2 Å². The van der Waals surface area contributed by atoms with Gasteiger partial charge < -0.3 is 9.47 Å². The highest BCUT2D eigenvalue weighted by molar-refractivity contribution is 14.1. The maximum absolute atomic E-state index is 12.4. The van der Waals surface area contributed by atoms with E-state index in [0.717, 1.165) is 34.0 Å². The van der Waals surface area contributed by atoms with Gasteiger partial charge in [0.25, 0.3) is 0 Å². The van der Waals surface area contributed by atoms with Crippen LogP contribution >= 0.6 is 22.6 Å². The molecule has 3 rings (SSSR count). The lowest BCUT2D eigenvalue weighted by Gasteiger charge is -2.17. The predicted molar refractivity (Wildman–Crippen MR) is 112 cm³/mol. The second kappa shape index (κ2) is 9.88. The Labute approximate surface area is 168 Å². The van der Waals surface area contributed by atoms with Gasteiger partial charge in [-0.3, -0.25) is 0 Å². The number of cyclic esters (lactones) is 1. The van der Waals surface area contributed by atoms with Crippen LogP contribution in [0.4, 0.5) is 0 Å². The quantitative estimate of drug-likeness (QED) is 0.239. The maximum atomic E-state index is 12.4. The zero-order valence-electron chi connectivity index (χ0n) is 14.6. The SMILES string of the molecule is O=C1O[C@@H](COCc2ccccc2)[C@@H](CCCI)/C1=C\c1ccccc1. The van der Waals surface area contributed by atoms with Crippen molar-refractivity contribution in [2.75, 3.05) is 11.0 Å². The molecule has 1 heterocycles. The largest absolute Gasteiger partial charge is 0.456 e. The standard InChI is InChI=1S/C22H23IO3/c23-13-7-12-19-20(14-17-8-3-1-4-9-17)22(24)26-21(19)16-25-15-18-10-5-2-6-11-18/h1-6,8-11,14,19,21H,7,12-13,15-16H2/b20-14+/t19-,21-/m0/s1. The Morgan fingerprint density at radius 1 is 1.04 bits per heavy atom. The van der Waals surface area contributed by atoms with Crippen LogP contribution in [0.5, 0.6) is 0 Å². The van der Waals surface area contributed by atoms with Crippen LogP contribution in [0.3, 0.4) is 0 Å². The van der Waals surface area contributed by atoms with Crippen molar-refractivity contribution in [1.29, 1.82) is 0 Å². The topological polar surface area (TPSA) is 35.5 Å². The van der Waals surface area contributed by atoms with Crippen molar-refractivity contribution in [3.05, 3.63) is 77.4 Å². The van der Waals surface area contributed by atoms with E-state index in [1.54, 1.807) is 0 Å². The molecular formula is C22H23IO3. The summed E-state index contributed by atoms with van der Waals surface area (Å²) in [6.07, 6.45) is 3.76. The maximum Gasteiger partial charge on any atom is 0.334 e. The van der Waals surface area contributed by atoms with Crippen molar-refractivity contribution < 1.29 is 14.3 Å². The molecule has 136 valence electrons. The van der Waals surface area contributed by atoms with Crippen LogP contribution in [0.25, 0.3) is 6.08 Å². The smallest absolute Gasteiger partial charge is 0.334 e. The number of rotatable bonds is 8. The average molecular weight is 462 g/mol. The zero-order chi connectivity index (χ0) is 18.2. The predicted octanol–water partition coefficient (Wildman–Crippen LogP) is 5.04. The van der Waals surface area contributed by atoms with E-state index >= 15 is 0 Å².